The number of hydrogen-bond acceptors (Lipinski definition) is 3. The van der Waals surface area contributed by atoms with Crippen molar-refractivity contribution in [2.45, 2.75) is 6.92 Å². The van der Waals surface area contributed by atoms with Crippen LogP contribution in [0.1, 0.15) is 27.6 Å². The second-order valence-corrected chi connectivity index (χ2v) is 3.86. The molecule has 0 amide bonds. The van der Waals surface area contributed by atoms with Crippen LogP contribution in [-0.4, -0.2) is 21.8 Å². The van der Waals surface area contributed by atoms with Gasteiger partial charge in [0.1, 0.15) is 0 Å². The first-order valence-electron chi connectivity index (χ1n) is 5.38. The van der Waals surface area contributed by atoms with Crippen molar-refractivity contribution in [2.75, 3.05) is 0 Å². The van der Waals surface area contributed by atoms with Crippen LogP contribution in [0.25, 0.3) is 11.1 Å². The number of carbonyl (C=O) groups excluding carboxylic acids is 1. The number of carbonyl (C=O) groups is 2. The molecule has 0 bridgehead atoms. The van der Waals surface area contributed by atoms with Crippen LogP contribution >= 0.6 is 0 Å². The Morgan fingerprint density at radius 1 is 1.11 bits per heavy atom. The highest BCUT2D eigenvalue weighted by Crippen LogP contribution is 2.23. The first kappa shape index (κ1) is 12.0. The molecule has 1 heterocycles. The molecule has 4 heteroatoms. The van der Waals surface area contributed by atoms with Gasteiger partial charge < -0.3 is 5.11 Å². The van der Waals surface area contributed by atoms with Gasteiger partial charge in [0.25, 0.3) is 0 Å². The van der Waals surface area contributed by atoms with Crippen LogP contribution in [0.5, 0.6) is 0 Å². The molecule has 0 fully saturated rings. The zero-order chi connectivity index (χ0) is 13.1. The lowest BCUT2D eigenvalue weighted by Crippen LogP contribution is -2.00. The minimum absolute atomic E-state index is 0.0220. The molecule has 0 atom stereocenters. The van der Waals surface area contributed by atoms with E-state index in [1.54, 1.807) is 24.3 Å². The standard InChI is InChI=1S/C14H11NO3/c1-9(16)10-2-4-11(5-3-10)13-8-15-7-6-12(13)14(17)18/h2-8H,1H3,(H,17,18). The van der Waals surface area contributed by atoms with Gasteiger partial charge in [-0.3, -0.25) is 9.78 Å². The van der Waals surface area contributed by atoms with E-state index in [4.69, 9.17) is 5.11 Å². The maximum absolute atomic E-state index is 11.2. The number of hydrogen-bond donors (Lipinski definition) is 1. The molecule has 0 aliphatic rings. The summed E-state index contributed by atoms with van der Waals surface area (Å²) in [7, 11) is 0. The molecule has 0 unspecified atom stereocenters. The zero-order valence-corrected chi connectivity index (χ0v) is 9.75. The van der Waals surface area contributed by atoms with E-state index < -0.39 is 5.97 Å². The lowest BCUT2D eigenvalue weighted by atomic mass is 10.0. The SMILES string of the molecule is CC(=O)c1ccc(-c2cnccc2C(=O)O)cc1. The van der Waals surface area contributed by atoms with E-state index in [-0.39, 0.29) is 11.3 Å². The molecule has 2 rings (SSSR count). The van der Waals surface area contributed by atoms with Crippen LogP contribution in [0.4, 0.5) is 0 Å². The number of carboxylic acid groups (broad SMARTS) is 1. The maximum Gasteiger partial charge on any atom is 0.336 e. The van der Waals surface area contributed by atoms with Crippen LogP contribution in [0.2, 0.25) is 0 Å². The predicted octanol–water partition coefficient (Wildman–Crippen LogP) is 2.65. The van der Waals surface area contributed by atoms with Gasteiger partial charge in [-0.25, -0.2) is 4.79 Å². The van der Waals surface area contributed by atoms with E-state index in [0.717, 1.165) is 5.56 Å². The van der Waals surface area contributed by atoms with Gasteiger partial charge >= 0.3 is 5.97 Å². The quantitative estimate of drug-likeness (QED) is 0.839. The van der Waals surface area contributed by atoms with Gasteiger partial charge in [-0.05, 0) is 18.6 Å². The number of benzene rings is 1. The van der Waals surface area contributed by atoms with Crippen molar-refractivity contribution in [3.63, 3.8) is 0 Å². The third-order valence-electron chi connectivity index (χ3n) is 2.65. The molecule has 2 aromatic rings. The lowest BCUT2D eigenvalue weighted by Gasteiger charge is -2.05. The number of aromatic nitrogens is 1. The van der Waals surface area contributed by atoms with Gasteiger partial charge in [-0.2, -0.15) is 0 Å². The zero-order valence-electron chi connectivity index (χ0n) is 9.75. The van der Waals surface area contributed by atoms with E-state index in [1.807, 2.05) is 0 Å². The number of ketones is 1. The summed E-state index contributed by atoms with van der Waals surface area (Å²) in [5.41, 5.74) is 2.06. The largest absolute Gasteiger partial charge is 0.478 e. The summed E-state index contributed by atoms with van der Waals surface area (Å²) >= 11 is 0. The van der Waals surface area contributed by atoms with Gasteiger partial charge in [0.15, 0.2) is 5.78 Å². The van der Waals surface area contributed by atoms with Crippen molar-refractivity contribution >= 4 is 11.8 Å². The van der Waals surface area contributed by atoms with Crippen molar-refractivity contribution in [2.24, 2.45) is 0 Å². The first-order chi connectivity index (χ1) is 8.59. The summed E-state index contributed by atoms with van der Waals surface area (Å²) < 4.78 is 0. The van der Waals surface area contributed by atoms with Gasteiger partial charge in [0.05, 0.1) is 5.56 Å². The monoisotopic (exact) mass is 241 g/mol. The average molecular weight is 241 g/mol. The van der Waals surface area contributed by atoms with Gasteiger partial charge in [-0.1, -0.05) is 24.3 Å². The molecule has 18 heavy (non-hydrogen) atoms. The molecule has 90 valence electrons. The van der Waals surface area contributed by atoms with Gasteiger partial charge in [-0.15, -0.1) is 0 Å². The summed E-state index contributed by atoms with van der Waals surface area (Å²) in [6.45, 7) is 1.49. The predicted molar refractivity (Wildman–Crippen MR) is 66.6 cm³/mol. The number of Topliss-reactive ketones (excluding diaryl/α,β-unsaturated/α-hetero) is 1. The van der Waals surface area contributed by atoms with E-state index >= 15 is 0 Å². The molecular weight excluding hydrogens is 230 g/mol. The van der Waals surface area contributed by atoms with Crippen molar-refractivity contribution in [3.05, 3.63) is 53.9 Å². The number of pyridine rings is 1. The second-order valence-electron chi connectivity index (χ2n) is 3.86. The third kappa shape index (κ3) is 2.27. The topological polar surface area (TPSA) is 67.3 Å². The van der Waals surface area contributed by atoms with Crippen molar-refractivity contribution < 1.29 is 14.7 Å². The number of nitrogens with zero attached hydrogens (tertiary/aromatic N) is 1. The number of aromatic carboxylic acids is 1. The Morgan fingerprint density at radius 2 is 1.78 bits per heavy atom. The highest BCUT2D eigenvalue weighted by molar-refractivity contribution is 5.97. The lowest BCUT2D eigenvalue weighted by molar-refractivity contribution is 0.0697. The molecule has 0 saturated heterocycles. The van der Waals surface area contributed by atoms with E-state index in [1.165, 1.54) is 25.4 Å². The van der Waals surface area contributed by atoms with E-state index in [0.29, 0.717) is 11.1 Å². The van der Waals surface area contributed by atoms with Crippen molar-refractivity contribution in [1.29, 1.82) is 0 Å². The molecule has 1 N–H and O–H groups in total. The highest BCUT2D eigenvalue weighted by Gasteiger charge is 2.11. The minimum Gasteiger partial charge on any atom is -0.478 e. The molecule has 0 aliphatic carbocycles. The molecular formula is C14H11NO3. The Hall–Kier alpha value is -2.49. The smallest absolute Gasteiger partial charge is 0.336 e. The van der Waals surface area contributed by atoms with Crippen LogP contribution < -0.4 is 0 Å². The molecule has 0 saturated carbocycles. The van der Waals surface area contributed by atoms with Crippen LogP contribution in [0.3, 0.4) is 0 Å². The van der Waals surface area contributed by atoms with Gasteiger partial charge in [0, 0.05) is 23.5 Å². The maximum atomic E-state index is 11.2. The Balaban J connectivity index is 2.49. The normalized spacial score (nSPS) is 10.1. The highest BCUT2D eigenvalue weighted by atomic mass is 16.4. The fourth-order valence-corrected chi connectivity index (χ4v) is 1.70. The van der Waals surface area contributed by atoms with E-state index in [9.17, 15) is 9.59 Å². The van der Waals surface area contributed by atoms with Crippen LogP contribution in [-0.2, 0) is 0 Å². The van der Waals surface area contributed by atoms with Crippen molar-refractivity contribution in [1.82, 2.24) is 4.98 Å². The Kier molecular flexibility index (Phi) is 3.19. The average Bonchev–Trinajstić information content (AvgIpc) is 2.39. The molecule has 0 spiro atoms. The first-order valence-corrected chi connectivity index (χ1v) is 5.38. The summed E-state index contributed by atoms with van der Waals surface area (Å²) in [5, 5.41) is 9.09. The third-order valence-corrected chi connectivity index (χ3v) is 2.65. The van der Waals surface area contributed by atoms with E-state index in [2.05, 4.69) is 4.98 Å². The van der Waals surface area contributed by atoms with Gasteiger partial charge in [0.2, 0.25) is 0 Å². The molecule has 1 aromatic heterocycles. The molecule has 1 aromatic carbocycles. The Labute approximate surface area is 104 Å². The fourth-order valence-electron chi connectivity index (χ4n) is 1.70. The summed E-state index contributed by atoms with van der Waals surface area (Å²) in [6, 6.07) is 8.25. The number of rotatable bonds is 3. The molecule has 4 nitrogen and oxygen atoms in total. The Morgan fingerprint density at radius 3 is 2.33 bits per heavy atom. The molecule has 0 aliphatic heterocycles. The Bertz CT molecular complexity index is 603. The van der Waals surface area contributed by atoms with Crippen LogP contribution in [0.15, 0.2) is 42.7 Å². The minimum atomic E-state index is -0.997. The van der Waals surface area contributed by atoms with Crippen molar-refractivity contribution in [3.8, 4) is 11.1 Å². The fraction of sp³-hybridized carbons (Fsp3) is 0.0714. The summed E-state index contributed by atoms with van der Waals surface area (Å²) in [4.78, 5) is 26.2. The summed E-state index contributed by atoms with van der Waals surface area (Å²) in [5.74, 6) is -1.02. The van der Waals surface area contributed by atoms with Crippen LogP contribution in [0, 0.1) is 0 Å². The number of carboxylic acids is 1. The second kappa shape index (κ2) is 4.79. The summed E-state index contributed by atoms with van der Waals surface area (Å²) in [6.07, 6.45) is 2.95. The molecule has 0 radical (unpaired) electrons.